The minimum absolute atomic E-state index is 0.158. The Morgan fingerprint density at radius 1 is 1.15 bits per heavy atom. The van der Waals surface area contributed by atoms with E-state index in [0.29, 0.717) is 15.7 Å². The molecule has 5 heteroatoms. The van der Waals surface area contributed by atoms with Gasteiger partial charge in [0.05, 0.1) is 20.8 Å². The number of carbonyl (C=O) groups is 1. The third kappa shape index (κ3) is 2.28. The van der Waals surface area contributed by atoms with Crippen LogP contribution in [0.4, 0.5) is 5.13 Å². The molecule has 1 aromatic heterocycles. The lowest BCUT2D eigenvalue weighted by Crippen LogP contribution is -2.26. The second-order valence-corrected chi connectivity index (χ2v) is 5.72. The molecule has 0 saturated carbocycles. The SMILES string of the molecule is CN(C(=O)c1ccccc1Cl)c1nc2ccccc2s1. The fourth-order valence-corrected chi connectivity index (χ4v) is 3.05. The monoisotopic (exact) mass is 302 g/mol. The molecule has 0 bridgehead atoms. The van der Waals surface area contributed by atoms with E-state index in [-0.39, 0.29) is 5.91 Å². The molecule has 3 rings (SSSR count). The zero-order valence-corrected chi connectivity index (χ0v) is 12.3. The van der Waals surface area contributed by atoms with Gasteiger partial charge in [0.2, 0.25) is 0 Å². The number of halogens is 1. The van der Waals surface area contributed by atoms with Crippen molar-refractivity contribution in [2.45, 2.75) is 0 Å². The molecule has 1 heterocycles. The van der Waals surface area contributed by atoms with Gasteiger partial charge in [0.15, 0.2) is 5.13 Å². The van der Waals surface area contributed by atoms with Gasteiger partial charge in [0, 0.05) is 7.05 Å². The Morgan fingerprint density at radius 3 is 2.60 bits per heavy atom. The molecule has 3 nitrogen and oxygen atoms in total. The molecule has 100 valence electrons. The average molecular weight is 303 g/mol. The number of anilines is 1. The number of thiazole rings is 1. The molecule has 0 saturated heterocycles. The number of hydrogen-bond donors (Lipinski definition) is 0. The summed E-state index contributed by atoms with van der Waals surface area (Å²) < 4.78 is 1.06. The van der Waals surface area contributed by atoms with Crippen molar-refractivity contribution >= 4 is 44.2 Å². The normalized spacial score (nSPS) is 10.7. The van der Waals surface area contributed by atoms with Crippen molar-refractivity contribution in [1.29, 1.82) is 0 Å². The van der Waals surface area contributed by atoms with Crippen LogP contribution in [0.3, 0.4) is 0 Å². The molecule has 0 atom stereocenters. The Balaban J connectivity index is 1.98. The van der Waals surface area contributed by atoms with Gasteiger partial charge < -0.3 is 0 Å². The lowest BCUT2D eigenvalue weighted by atomic mass is 10.2. The second-order valence-electron chi connectivity index (χ2n) is 4.31. The van der Waals surface area contributed by atoms with Gasteiger partial charge in [-0.1, -0.05) is 47.2 Å². The van der Waals surface area contributed by atoms with Gasteiger partial charge in [0.25, 0.3) is 5.91 Å². The van der Waals surface area contributed by atoms with Crippen LogP contribution in [-0.2, 0) is 0 Å². The molecular formula is C15H11ClN2OS. The third-order valence-electron chi connectivity index (χ3n) is 2.98. The first kappa shape index (κ1) is 13.1. The van der Waals surface area contributed by atoms with Crippen LogP contribution in [0.5, 0.6) is 0 Å². The van der Waals surface area contributed by atoms with Crippen molar-refractivity contribution in [2.24, 2.45) is 0 Å². The van der Waals surface area contributed by atoms with E-state index in [2.05, 4.69) is 4.98 Å². The molecule has 0 aliphatic heterocycles. The smallest absolute Gasteiger partial charge is 0.261 e. The summed E-state index contributed by atoms with van der Waals surface area (Å²) in [6.07, 6.45) is 0. The topological polar surface area (TPSA) is 33.2 Å². The van der Waals surface area contributed by atoms with Crippen LogP contribution in [0.15, 0.2) is 48.5 Å². The highest BCUT2D eigenvalue weighted by Crippen LogP contribution is 2.29. The number of para-hydroxylation sites is 1. The summed E-state index contributed by atoms with van der Waals surface area (Å²) in [4.78, 5) is 18.5. The summed E-state index contributed by atoms with van der Waals surface area (Å²) in [5.74, 6) is -0.158. The molecular weight excluding hydrogens is 292 g/mol. The first-order chi connectivity index (χ1) is 9.66. The molecule has 20 heavy (non-hydrogen) atoms. The summed E-state index contributed by atoms with van der Waals surface area (Å²) in [7, 11) is 1.71. The fraction of sp³-hybridized carbons (Fsp3) is 0.0667. The van der Waals surface area contributed by atoms with Crippen molar-refractivity contribution in [2.75, 3.05) is 11.9 Å². The number of rotatable bonds is 2. The summed E-state index contributed by atoms with van der Waals surface area (Å²) in [6.45, 7) is 0. The minimum Gasteiger partial charge on any atom is -0.287 e. The largest absolute Gasteiger partial charge is 0.287 e. The summed E-state index contributed by atoms with van der Waals surface area (Å²) in [5, 5.41) is 1.11. The first-order valence-corrected chi connectivity index (χ1v) is 7.24. The number of amides is 1. The van der Waals surface area contributed by atoms with E-state index < -0.39 is 0 Å². The molecule has 2 aromatic carbocycles. The third-order valence-corrected chi connectivity index (χ3v) is 4.42. The summed E-state index contributed by atoms with van der Waals surface area (Å²) in [5.41, 5.74) is 1.38. The molecule has 0 aliphatic carbocycles. The number of nitrogens with zero attached hydrogens (tertiary/aromatic N) is 2. The Labute approximate surface area is 125 Å². The first-order valence-electron chi connectivity index (χ1n) is 6.05. The predicted molar refractivity (Wildman–Crippen MR) is 83.8 cm³/mol. The standard InChI is InChI=1S/C15H11ClN2OS/c1-18(14(19)10-6-2-3-7-11(10)16)15-17-12-8-4-5-9-13(12)20-15/h2-9H,1H3. The van der Waals surface area contributed by atoms with Crippen LogP contribution >= 0.6 is 22.9 Å². The van der Waals surface area contributed by atoms with E-state index in [1.165, 1.54) is 16.2 Å². The number of aromatic nitrogens is 1. The highest BCUT2D eigenvalue weighted by Gasteiger charge is 2.18. The van der Waals surface area contributed by atoms with Gasteiger partial charge in [-0.25, -0.2) is 4.98 Å². The van der Waals surface area contributed by atoms with Crippen molar-refractivity contribution < 1.29 is 4.79 Å². The molecule has 0 N–H and O–H groups in total. The zero-order valence-electron chi connectivity index (χ0n) is 10.7. The maximum absolute atomic E-state index is 12.5. The number of carbonyl (C=O) groups excluding carboxylic acids is 1. The molecule has 3 aromatic rings. The van der Waals surface area contributed by atoms with Crippen molar-refractivity contribution in [3.63, 3.8) is 0 Å². The maximum atomic E-state index is 12.5. The van der Waals surface area contributed by atoms with Crippen LogP contribution < -0.4 is 4.90 Å². The highest BCUT2D eigenvalue weighted by atomic mass is 35.5. The van der Waals surface area contributed by atoms with Crippen molar-refractivity contribution in [3.05, 3.63) is 59.1 Å². The van der Waals surface area contributed by atoms with Gasteiger partial charge in [-0.2, -0.15) is 0 Å². The van der Waals surface area contributed by atoms with E-state index in [4.69, 9.17) is 11.6 Å². The zero-order chi connectivity index (χ0) is 14.1. The van der Waals surface area contributed by atoms with Gasteiger partial charge in [0.1, 0.15) is 0 Å². The fourth-order valence-electron chi connectivity index (χ4n) is 1.91. The van der Waals surface area contributed by atoms with Crippen LogP contribution in [0.25, 0.3) is 10.2 Å². The van der Waals surface area contributed by atoms with E-state index in [1.54, 1.807) is 31.3 Å². The Bertz CT molecular complexity index is 751. The Kier molecular flexibility index (Phi) is 3.42. The van der Waals surface area contributed by atoms with Gasteiger partial charge in [-0.15, -0.1) is 0 Å². The molecule has 0 unspecified atom stereocenters. The van der Waals surface area contributed by atoms with Crippen LogP contribution in [0.2, 0.25) is 5.02 Å². The molecule has 0 fully saturated rings. The number of benzene rings is 2. The van der Waals surface area contributed by atoms with Crippen molar-refractivity contribution in [1.82, 2.24) is 4.98 Å². The van der Waals surface area contributed by atoms with Crippen molar-refractivity contribution in [3.8, 4) is 0 Å². The van der Waals surface area contributed by atoms with E-state index >= 15 is 0 Å². The predicted octanol–water partition coefficient (Wildman–Crippen LogP) is 4.23. The van der Waals surface area contributed by atoms with E-state index in [1.807, 2.05) is 24.3 Å². The lowest BCUT2D eigenvalue weighted by molar-refractivity contribution is 0.0993. The highest BCUT2D eigenvalue weighted by molar-refractivity contribution is 7.22. The van der Waals surface area contributed by atoms with E-state index in [0.717, 1.165) is 10.2 Å². The van der Waals surface area contributed by atoms with Gasteiger partial charge in [-0.05, 0) is 24.3 Å². The quantitative estimate of drug-likeness (QED) is 0.710. The molecule has 1 amide bonds. The van der Waals surface area contributed by atoms with Crippen LogP contribution in [0.1, 0.15) is 10.4 Å². The van der Waals surface area contributed by atoms with Crippen LogP contribution in [-0.4, -0.2) is 17.9 Å². The van der Waals surface area contributed by atoms with Crippen LogP contribution in [0, 0.1) is 0 Å². The Hall–Kier alpha value is -1.91. The second kappa shape index (κ2) is 5.23. The summed E-state index contributed by atoms with van der Waals surface area (Å²) in [6, 6.07) is 14.8. The molecule has 0 radical (unpaired) electrons. The van der Waals surface area contributed by atoms with Gasteiger partial charge in [-0.3, -0.25) is 9.69 Å². The molecule has 0 aliphatic rings. The molecule has 0 spiro atoms. The average Bonchev–Trinajstić information content (AvgIpc) is 2.90. The number of hydrogen-bond acceptors (Lipinski definition) is 3. The van der Waals surface area contributed by atoms with E-state index in [9.17, 15) is 4.79 Å². The lowest BCUT2D eigenvalue weighted by Gasteiger charge is -2.14. The summed E-state index contributed by atoms with van der Waals surface area (Å²) >= 11 is 7.55. The Morgan fingerprint density at radius 2 is 1.85 bits per heavy atom. The minimum atomic E-state index is -0.158. The van der Waals surface area contributed by atoms with Gasteiger partial charge >= 0.3 is 0 Å². The number of fused-ring (bicyclic) bond motifs is 1. The maximum Gasteiger partial charge on any atom is 0.261 e.